The van der Waals surface area contributed by atoms with Crippen LogP contribution in [0.3, 0.4) is 0 Å². The molecule has 0 N–H and O–H groups in total. The molecule has 8 aromatic rings. The molecule has 44 heavy (non-hydrogen) atoms. The lowest BCUT2D eigenvalue weighted by Gasteiger charge is -2.28. The quantitative estimate of drug-likeness (QED) is 0.189. The van der Waals surface area contributed by atoms with Crippen LogP contribution in [-0.4, -0.2) is 0 Å². The molecule has 7 aromatic carbocycles. The lowest BCUT2D eigenvalue weighted by atomic mass is 9.99. The Morgan fingerprint density at radius 1 is 0.341 bits per heavy atom. The van der Waals surface area contributed by atoms with E-state index in [1.165, 1.54) is 53.6 Å². The van der Waals surface area contributed by atoms with E-state index in [2.05, 4.69) is 181 Å². The van der Waals surface area contributed by atoms with Gasteiger partial charge in [-0.1, -0.05) is 140 Å². The van der Waals surface area contributed by atoms with Crippen molar-refractivity contribution in [3.8, 4) is 33.4 Å². The number of hydrogen-bond acceptors (Lipinski definition) is 2. The zero-order chi connectivity index (χ0) is 29.3. The number of fused-ring (bicyclic) bond motifs is 3. The summed E-state index contributed by atoms with van der Waals surface area (Å²) in [5.74, 6) is 0. The minimum atomic E-state index is 1.12. The first-order valence-corrected chi connectivity index (χ1v) is 15.8. The lowest BCUT2D eigenvalue weighted by Crippen LogP contribution is -2.11. The number of anilines is 3. The van der Waals surface area contributed by atoms with E-state index in [0.29, 0.717) is 0 Å². The van der Waals surface area contributed by atoms with Gasteiger partial charge in [0.1, 0.15) is 0 Å². The number of thiophene rings is 1. The van der Waals surface area contributed by atoms with Gasteiger partial charge < -0.3 is 4.90 Å². The fourth-order valence-electron chi connectivity index (χ4n) is 6.15. The Hall–Kier alpha value is -5.44. The topological polar surface area (TPSA) is 3.24 Å². The molecule has 0 aliphatic rings. The SMILES string of the molecule is c1ccc(-c2ccc(N(c3ccc(-c4ccccc4)cc3)c3ccccc3-c3cccc4c3sc3ccccc34)cc2)cc1. The van der Waals surface area contributed by atoms with Gasteiger partial charge in [-0.2, -0.15) is 0 Å². The molecule has 8 rings (SSSR count). The molecule has 0 saturated carbocycles. The zero-order valence-electron chi connectivity index (χ0n) is 24.1. The van der Waals surface area contributed by atoms with E-state index in [-0.39, 0.29) is 0 Å². The minimum Gasteiger partial charge on any atom is -0.310 e. The first-order chi connectivity index (χ1) is 21.8. The van der Waals surface area contributed by atoms with Crippen LogP contribution >= 0.6 is 11.3 Å². The molecule has 208 valence electrons. The molecular weight excluding hydrogens is 551 g/mol. The molecule has 0 aliphatic heterocycles. The molecule has 0 fully saturated rings. The van der Waals surface area contributed by atoms with E-state index in [1.54, 1.807) is 0 Å². The van der Waals surface area contributed by atoms with Crippen molar-refractivity contribution in [3.05, 3.63) is 176 Å². The Balaban J connectivity index is 1.30. The van der Waals surface area contributed by atoms with E-state index in [9.17, 15) is 0 Å². The third-order valence-corrected chi connectivity index (χ3v) is 9.52. The van der Waals surface area contributed by atoms with Crippen molar-refractivity contribution in [2.75, 3.05) is 4.90 Å². The van der Waals surface area contributed by atoms with Crippen LogP contribution < -0.4 is 4.90 Å². The van der Waals surface area contributed by atoms with Crippen molar-refractivity contribution >= 4 is 48.6 Å². The smallest absolute Gasteiger partial charge is 0.0540 e. The third-order valence-electron chi connectivity index (χ3n) is 8.30. The minimum absolute atomic E-state index is 1.12. The van der Waals surface area contributed by atoms with Crippen molar-refractivity contribution in [2.45, 2.75) is 0 Å². The molecule has 0 radical (unpaired) electrons. The first-order valence-electron chi connectivity index (χ1n) is 14.9. The number of nitrogens with zero attached hydrogens (tertiary/aromatic N) is 1. The van der Waals surface area contributed by atoms with Gasteiger partial charge in [0.05, 0.1) is 5.69 Å². The Kier molecular flexibility index (Phi) is 6.75. The van der Waals surface area contributed by atoms with Crippen LogP contribution in [0.2, 0.25) is 0 Å². The predicted octanol–water partition coefficient (Wildman–Crippen LogP) is 12.5. The Morgan fingerprint density at radius 3 is 1.45 bits per heavy atom. The van der Waals surface area contributed by atoms with Crippen molar-refractivity contribution in [3.63, 3.8) is 0 Å². The fraction of sp³-hybridized carbons (Fsp3) is 0. The highest BCUT2D eigenvalue weighted by Gasteiger charge is 2.19. The van der Waals surface area contributed by atoms with Crippen LogP contribution in [0.1, 0.15) is 0 Å². The maximum absolute atomic E-state index is 2.39. The number of hydrogen-bond donors (Lipinski definition) is 0. The van der Waals surface area contributed by atoms with Crippen LogP contribution in [0.5, 0.6) is 0 Å². The summed E-state index contributed by atoms with van der Waals surface area (Å²) in [5.41, 5.74) is 10.7. The van der Waals surface area contributed by atoms with Crippen LogP contribution in [0.4, 0.5) is 17.1 Å². The standard InChI is InChI=1S/C42H29NS/c1-3-12-30(13-4-1)32-22-26-34(27-23-32)43(35-28-24-33(25-29-35)31-14-5-2-6-15-31)40-20-9-7-16-36(40)38-18-11-19-39-37-17-8-10-21-41(37)44-42(38)39/h1-29H. The van der Waals surface area contributed by atoms with Gasteiger partial charge in [0.2, 0.25) is 0 Å². The average molecular weight is 580 g/mol. The van der Waals surface area contributed by atoms with Gasteiger partial charge in [0.15, 0.2) is 0 Å². The number of rotatable bonds is 6. The van der Waals surface area contributed by atoms with E-state index in [0.717, 1.165) is 17.1 Å². The molecule has 1 heterocycles. The summed E-state index contributed by atoms with van der Waals surface area (Å²) in [6.45, 7) is 0. The van der Waals surface area contributed by atoms with Gasteiger partial charge in [-0.25, -0.2) is 0 Å². The summed E-state index contributed by atoms with van der Waals surface area (Å²) in [5, 5.41) is 2.63. The largest absolute Gasteiger partial charge is 0.310 e. The van der Waals surface area contributed by atoms with E-state index >= 15 is 0 Å². The second-order valence-electron chi connectivity index (χ2n) is 11.0. The second kappa shape index (κ2) is 11.3. The molecule has 0 aliphatic carbocycles. The van der Waals surface area contributed by atoms with Gasteiger partial charge in [-0.3, -0.25) is 0 Å². The average Bonchev–Trinajstić information content (AvgIpc) is 3.49. The molecule has 1 aromatic heterocycles. The molecule has 0 atom stereocenters. The predicted molar refractivity (Wildman–Crippen MR) is 190 cm³/mol. The van der Waals surface area contributed by atoms with Crippen molar-refractivity contribution in [1.29, 1.82) is 0 Å². The van der Waals surface area contributed by atoms with Crippen LogP contribution in [0.15, 0.2) is 176 Å². The number of benzene rings is 7. The maximum atomic E-state index is 2.39. The van der Waals surface area contributed by atoms with E-state index in [4.69, 9.17) is 0 Å². The molecule has 0 spiro atoms. The molecule has 0 amide bonds. The maximum Gasteiger partial charge on any atom is 0.0540 e. The number of para-hydroxylation sites is 1. The molecule has 2 heteroatoms. The second-order valence-corrected chi connectivity index (χ2v) is 12.0. The fourth-order valence-corrected chi connectivity index (χ4v) is 7.38. The summed E-state index contributed by atoms with van der Waals surface area (Å²) in [6.07, 6.45) is 0. The van der Waals surface area contributed by atoms with Crippen molar-refractivity contribution in [2.24, 2.45) is 0 Å². The van der Waals surface area contributed by atoms with Gasteiger partial charge in [0, 0.05) is 42.7 Å². The highest BCUT2D eigenvalue weighted by atomic mass is 32.1. The van der Waals surface area contributed by atoms with Crippen molar-refractivity contribution in [1.82, 2.24) is 0 Å². The van der Waals surface area contributed by atoms with Gasteiger partial charge in [-0.05, 0) is 58.7 Å². The molecule has 0 unspecified atom stereocenters. The summed E-state index contributed by atoms with van der Waals surface area (Å²) < 4.78 is 2.64. The van der Waals surface area contributed by atoms with Gasteiger partial charge in [-0.15, -0.1) is 11.3 Å². The lowest BCUT2D eigenvalue weighted by molar-refractivity contribution is 1.28. The summed E-state index contributed by atoms with van der Waals surface area (Å²) in [4.78, 5) is 2.39. The molecule has 0 bridgehead atoms. The van der Waals surface area contributed by atoms with Crippen LogP contribution in [0.25, 0.3) is 53.6 Å². The third kappa shape index (κ3) is 4.76. The van der Waals surface area contributed by atoms with Gasteiger partial charge in [0.25, 0.3) is 0 Å². The summed E-state index contributed by atoms with van der Waals surface area (Å²) >= 11 is 1.88. The Labute approximate surface area is 261 Å². The highest BCUT2D eigenvalue weighted by molar-refractivity contribution is 7.26. The normalized spacial score (nSPS) is 11.2. The summed E-state index contributed by atoms with van der Waals surface area (Å²) in [6, 6.07) is 63.3. The highest BCUT2D eigenvalue weighted by Crippen LogP contribution is 2.46. The zero-order valence-corrected chi connectivity index (χ0v) is 24.9. The Bertz CT molecular complexity index is 2110. The molecule has 1 nitrogen and oxygen atoms in total. The Morgan fingerprint density at radius 2 is 0.818 bits per heavy atom. The summed E-state index contributed by atoms with van der Waals surface area (Å²) in [7, 11) is 0. The van der Waals surface area contributed by atoms with E-state index < -0.39 is 0 Å². The van der Waals surface area contributed by atoms with Crippen molar-refractivity contribution < 1.29 is 0 Å². The molecule has 0 saturated heterocycles. The monoisotopic (exact) mass is 579 g/mol. The first kappa shape index (κ1) is 26.2. The van der Waals surface area contributed by atoms with E-state index in [1.807, 2.05) is 11.3 Å². The molecular formula is C42H29NS. The van der Waals surface area contributed by atoms with Crippen LogP contribution in [-0.2, 0) is 0 Å². The van der Waals surface area contributed by atoms with Crippen LogP contribution in [0, 0.1) is 0 Å². The van der Waals surface area contributed by atoms with Gasteiger partial charge >= 0.3 is 0 Å².